The zero-order valence-corrected chi connectivity index (χ0v) is 12.8. The molecule has 2 atom stereocenters. The summed E-state index contributed by atoms with van der Waals surface area (Å²) in [6.45, 7) is 13.8. The first-order chi connectivity index (χ1) is 8.78. The summed E-state index contributed by atoms with van der Waals surface area (Å²) in [5, 5.41) is 0. The molecule has 0 radical (unpaired) electrons. The molecule has 0 aromatic heterocycles. The van der Waals surface area contributed by atoms with E-state index in [1.807, 2.05) is 21.0 Å². The summed E-state index contributed by atoms with van der Waals surface area (Å²) in [6, 6.07) is 0. The van der Waals surface area contributed by atoms with Gasteiger partial charge in [0.25, 0.3) is 0 Å². The molecule has 0 saturated carbocycles. The predicted octanol–water partition coefficient (Wildman–Crippen LogP) is 2.47. The summed E-state index contributed by atoms with van der Waals surface area (Å²) >= 11 is 0. The Morgan fingerprint density at radius 2 is 1.67 bits per heavy atom. The molecule has 108 valence electrons. The lowest BCUT2D eigenvalue weighted by Gasteiger charge is -2.32. The number of likely N-dealkylation sites (tertiary alicyclic amines) is 2. The number of ether oxygens (including phenoxy) is 1. The molecule has 2 saturated heterocycles. The van der Waals surface area contributed by atoms with Crippen molar-refractivity contribution in [3.63, 3.8) is 0 Å². The van der Waals surface area contributed by atoms with Gasteiger partial charge in [-0.25, -0.2) is 0 Å². The first kappa shape index (κ1) is 15.9. The molecule has 3 heteroatoms. The third kappa shape index (κ3) is 5.25. The monoisotopic (exact) mass is 256 g/mol. The van der Waals surface area contributed by atoms with E-state index in [4.69, 9.17) is 4.74 Å². The lowest BCUT2D eigenvalue weighted by Crippen LogP contribution is -2.39. The molecule has 2 fully saturated rings. The second-order valence-corrected chi connectivity index (χ2v) is 5.50. The number of methoxy groups -OCH3 is 1. The molecule has 0 bridgehead atoms. The summed E-state index contributed by atoms with van der Waals surface area (Å²) < 4.78 is 5.39. The smallest absolute Gasteiger partial charge is 0.0710 e. The minimum atomic E-state index is 0.486. The molecule has 1 unspecified atom stereocenters. The molecule has 0 aromatic rings. The van der Waals surface area contributed by atoms with Gasteiger partial charge >= 0.3 is 0 Å². The number of hydrogen-bond acceptors (Lipinski definition) is 3. The van der Waals surface area contributed by atoms with Gasteiger partial charge in [0.1, 0.15) is 0 Å². The molecule has 3 nitrogen and oxygen atoms in total. The average Bonchev–Trinajstić information content (AvgIpc) is 2.87. The van der Waals surface area contributed by atoms with Gasteiger partial charge in [0.05, 0.1) is 6.10 Å². The maximum Gasteiger partial charge on any atom is 0.0710 e. The summed E-state index contributed by atoms with van der Waals surface area (Å²) in [5.74, 6) is 0.902. The Morgan fingerprint density at radius 1 is 1.00 bits per heavy atom. The maximum atomic E-state index is 5.39. The Labute approximate surface area is 113 Å². The van der Waals surface area contributed by atoms with E-state index in [-0.39, 0.29) is 0 Å². The Bertz CT molecular complexity index is 211. The molecular formula is C15H32N2O. The van der Waals surface area contributed by atoms with Crippen LogP contribution < -0.4 is 0 Å². The molecule has 2 heterocycles. The van der Waals surface area contributed by atoms with Crippen LogP contribution in [-0.4, -0.2) is 62.3 Å². The normalized spacial score (nSPS) is 30.0. The largest absolute Gasteiger partial charge is 0.380 e. The van der Waals surface area contributed by atoms with Crippen molar-refractivity contribution in [1.29, 1.82) is 0 Å². The molecule has 0 aromatic carbocycles. The summed E-state index contributed by atoms with van der Waals surface area (Å²) in [7, 11) is 1.83. The lowest BCUT2D eigenvalue weighted by atomic mass is 10.0. The fraction of sp³-hybridized carbons (Fsp3) is 1.00. The van der Waals surface area contributed by atoms with Gasteiger partial charge in [-0.3, -0.25) is 4.90 Å². The van der Waals surface area contributed by atoms with Gasteiger partial charge in [0, 0.05) is 39.8 Å². The third-order valence-corrected chi connectivity index (χ3v) is 4.04. The van der Waals surface area contributed by atoms with Crippen LogP contribution in [-0.2, 0) is 4.74 Å². The zero-order valence-electron chi connectivity index (χ0n) is 12.8. The molecule has 2 rings (SSSR count). The van der Waals surface area contributed by atoms with E-state index in [9.17, 15) is 0 Å². The van der Waals surface area contributed by atoms with E-state index in [1.54, 1.807) is 0 Å². The van der Waals surface area contributed by atoms with Crippen LogP contribution in [0.1, 0.15) is 40.0 Å². The zero-order chi connectivity index (χ0) is 13.4. The van der Waals surface area contributed by atoms with Crippen LogP contribution in [0.2, 0.25) is 0 Å². The third-order valence-electron chi connectivity index (χ3n) is 4.04. The topological polar surface area (TPSA) is 15.7 Å². The second kappa shape index (κ2) is 8.89. The SMILES string of the molecule is CC.COC1CCN(CCN2CCC[C@@H](C)C2)C1. The standard InChI is InChI=1S/C13H26N2O.C2H6/c1-12-4-3-6-14(10-12)8-9-15-7-5-13(11-15)16-2;1-2/h12-13H,3-11H2,1-2H3;1-2H3/t12-,13?;/m1./s1. The fourth-order valence-electron chi connectivity index (χ4n) is 2.97. The molecule has 0 aliphatic carbocycles. The molecule has 0 amide bonds. The lowest BCUT2D eigenvalue weighted by molar-refractivity contribution is 0.104. The maximum absolute atomic E-state index is 5.39. The highest BCUT2D eigenvalue weighted by atomic mass is 16.5. The van der Waals surface area contributed by atoms with Crippen molar-refractivity contribution in [1.82, 2.24) is 9.80 Å². The van der Waals surface area contributed by atoms with Crippen LogP contribution >= 0.6 is 0 Å². The Hall–Kier alpha value is -0.120. The van der Waals surface area contributed by atoms with Crippen LogP contribution in [0.15, 0.2) is 0 Å². The highest BCUT2D eigenvalue weighted by Gasteiger charge is 2.23. The van der Waals surface area contributed by atoms with E-state index in [1.165, 1.54) is 52.0 Å². The van der Waals surface area contributed by atoms with Crippen molar-refractivity contribution in [3.8, 4) is 0 Å². The van der Waals surface area contributed by atoms with Gasteiger partial charge in [-0.05, 0) is 31.7 Å². The summed E-state index contributed by atoms with van der Waals surface area (Å²) in [4.78, 5) is 5.18. The van der Waals surface area contributed by atoms with Gasteiger partial charge in [0.15, 0.2) is 0 Å². The van der Waals surface area contributed by atoms with Crippen LogP contribution in [0.5, 0.6) is 0 Å². The van der Waals surface area contributed by atoms with Crippen LogP contribution in [0.25, 0.3) is 0 Å². The van der Waals surface area contributed by atoms with Crippen LogP contribution in [0.4, 0.5) is 0 Å². The van der Waals surface area contributed by atoms with Crippen molar-refractivity contribution in [2.45, 2.75) is 46.1 Å². The molecule has 0 spiro atoms. The molecule has 2 aliphatic rings. The van der Waals surface area contributed by atoms with Gasteiger partial charge in [-0.1, -0.05) is 20.8 Å². The van der Waals surface area contributed by atoms with Gasteiger partial charge in [-0.15, -0.1) is 0 Å². The molecule has 2 aliphatic heterocycles. The molecule has 18 heavy (non-hydrogen) atoms. The highest BCUT2D eigenvalue weighted by Crippen LogP contribution is 2.16. The van der Waals surface area contributed by atoms with E-state index >= 15 is 0 Å². The van der Waals surface area contributed by atoms with Crippen molar-refractivity contribution < 1.29 is 4.74 Å². The van der Waals surface area contributed by atoms with E-state index < -0.39 is 0 Å². The van der Waals surface area contributed by atoms with Crippen molar-refractivity contribution in [3.05, 3.63) is 0 Å². The van der Waals surface area contributed by atoms with Crippen molar-refractivity contribution in [2.75, 3.05) is 46.4 Å². The quantitative estimate of drug-likeness (QED) is 0.768. The van der Waals surface area contributed by atoms with E-state index in [0.717, 1.165) is 12.5 Å². The number of piperidine rings is 1. The van der Waals surface area contributed by atoms with Crippen molar-refractivity contribution in [2.24, 2.45) is 5.92 Å². The van der Waals surface area contributed by atoms with E-state index in [2.05, 4.69) is 16.7 Å². The Morgan fingerprint density at radius 3 is 2.22 bits per heavy atom. The van der Waals surface area contributed by atoms with Gasteiger partial charge in [0.2, 0.25) is 0 Å². The van der Waals surface area contributed by atoms with Gasteiger partial charge in [-0.2, -0.15) is 0 Å². The highest BCUT2D eigenvalue weighted by molar-refractivity contribution is 4.77. The first-order valence-electron chi connectivity index (χ1n) is 7.75. The Balaban J connectivity index is 0.000000771. The molecular weight excluding hydrogens is 224 g/mol. The Kier molecular flexibility index (Phi) is 7.87. The van der Waals surface area contributed by atoms with Crippen LogP contribution in [0, 0.1) is 5.92 Å². The minimum absolute atomic E-state index is 0.486. The van der Waals surface area contributed by atoms with Gasteiger partial charge < -0.3 is 9.64 Å². The summed E-state index contributed by atoms with van der Waals surface area (Å²) in [6.07, 6.45) is 4.51. The van der Waals surface area contributed by atoms with Crippen molar-refractivity contribution >= 4 is 0 Å². The average molecular weight is 256 g/mol. The second-order valence-electron chi connectivity index (χ2n) is 5.50. The fourth-order valence-corrected chi connectivity index (χ4v) is 2.97. The number of nitrogens with zero attached hydrogens (tertiary/aromatic N) is 2. The minimum Gasteiger partial charge on any atom is -0.380 e. The first-order valence-corrected chi connectivity index (χ1v) is 7.75. The number of hydrogen-bond donors (Lipinski definition) is 0. The number of rotatable bonds is 4. The summed E-state index contributed by atoms with van der Waals surface area (Å²) in [5.41, 5.74) is 0. The van der Waals surface area contributed by atoms with Crippen LogP contribution in [0.3, 0.4) is 0 Å². The van der Waals surface area contributed by atoms with E-state index in [0.29, 0.717) is 6.10 Å². The predicted molar refractivity (Wildman–Crippen MR) is 78.0 cm³/mol. The molecule has 0 N–H and O–H groups in total.